The summed E-state index contributed by atoms with van der Waals surface area (Å²) in [7, 11) is 0. The van der Waals surface area contributed by atoms with E-state index in [0.29, 0.717) is 11.4 Å². The van der Waals surface area contributed by atoms with E-state index < -0.39 is 0 Å². The lowest BCUT2D eigenvalue weighted by Crippen LogP contribution is -2.04. The van der Waals surface area contributed by atoms with Crippen LogP contribution >= 0.6 is 12.6 Å². The lowest BCUT2D eigenvalue weighted by molar-refractivity contribution is 0.102. The number of thiol groups is 1. The number of ether oxygens (including phenoxy) is 1. The first-order valence-corrected chi connectivity index (χ1v) is 6.64. The molecule has 0 bridgehead atoms. The fourth-order valence-electron chi connectivity index (χ4n) is 2.00. The van der Waals surface area contributed by atoms with Gasteiger partial charge in [0.25, 0.3) is 0 Å². The van der Waals surface area contributed by atoms with Crippen LogP contribution in [0.2, 0.25) is 0 Å². The molecule has 0 amide bonds. The molecular formula is C12H24OS. The maximum Gasteiger partial charge on any atom is 0.0576 e. The molecule has 1 heterocycles. The second-order valence-electron chi connectivity index (χ2n) is 4.34. The van der Waals surface area contributed by atoms with Crippen molar-refractivity contribution in [3.63, 3.8) is 0 Å². The van der Waals surface area contributed by atoms with Gasteiger partial charge in [-0.25, -0.2) is 0 Å². The maximum absolute atomic E-state index is 5.59. The number of hydrogen-bond donors (Lipinski definition) is 1. The molecule has 1 aliphatic heterocycles. The highest BCUT2D eigenvalue weighted by Gasteiger charge is 2.14. The average molecular weight is 216 g/mol. The van der Waals surface area contributed by atoms with E-state index in [-0.39, 0.29) is 0 Å². The molecule has 84 valence electrons. The van der Waals surface area contributed by atoms with Gasteiger partial charge < -0.3 is 4.74 Å². The lowest BCUT2D eigenvalue weighted by atomic mass is 10.1. The number of rotatable bonds is 7. The molecule has 0 aliphatic carbocycles. The maximum atomic E-state index is 5.59. The molecule has 2 heteroatoms. The van der Waals surface area contributed by atoms with Gasteiger partial charge in [-0.3, -0.25) is 0 Å². The van der Waals surface area contributed by atoms with Crippen molar-refractivity contribution in [3.8, 4) is 0 Å². The van der Waals surface area contributed by atoms with Crippen molar-refractivity contribution in [3.05, 3.63) is 0 Å². The zero-order chi connectivity index (χ0) is 10.2. The molecular weight excluding hydrogens is 192 g/mol. The van der Waals surface area contributed by atoms with Crippen molar-refractivity contribution in [2.45, 2.75) is 69.6 Å². The van der Waals surface area contributed by atoms with Crippen LogP contribution in [-0.2, 0) is 4.74 Å². The summed E-state index contributed by atoms with van der Waals surface area (Å²) in [5.41, 5.74) is 0. The molecule has 0 aromatic rings. The standard InChI is InChI=1S/C12H24OS/c1-2-12(14)9-5-3-4-7-11-8-6-10-13-11/h11-12,14H,2-10H2,1H3. The van der Waals surface area contributed by atoms with Gasteiger partial charge in [0.15, 0.2) is 0 Å². The van der Waals surface area contributed by atoms with Crippen LogP contribution in [0.15, 0.2) is 0 Å². The van der Waals surface area contributed by atoms with Gasteiger partial charge in [-0.1, -0.05) is 26.2 Å². The van der Waals surface area contributed by atoms with Gasteiger partial charge in [-0.2, -0.15) is 12.6 Å². The summed E-state index contributed by atoms with van der Waals surface area (Å²) in [5.74, 6) is 0. The molecule has 1 nitrogen and oxygen atoms in total. The van der Waals surface area contributed by atoms with E-state index in [0.717, 1.165) is 6.61 Å². The van der Waals surface area contributed by atoms with Crippen LogP contribution in [0.4, 0.5) is 0 Å². The van der Waals surface area contributed by atoms with E-state index in [1.54, 1.807) is 0 Å². The Morgan fingerprint density at radius 2 is 2.21 bits per heavy atom. The SMILES string of the molecule is CCC(S)CCCCCC1CCCO1. The Balaban J connectivity index is 1.84. The Morgan fingerprint density at radius 1 is 1.36 bits per heavy atom. The van der Waals surface area contributed by atoms with Gasteiger partial charge in [0, 0.05) is 11.9 Å². The Morgan fingerprint density at radius 3 is 2.86 bits per heavy atom. The third-order valence-corrected chi connectivity index (χ3v) is 3.68. The Labute approximate surface area is 94.0 Å². The summed E-state index contributed by atoms with van der Waals surface area (Å²) in [6, 6.07) is 0. The van der Waals surface area contributed by atoms with Crippen LogP contribution in [0.25, 0.3) is 0 Å². The number of unbranched alkanes of at least 4 members (excludes halogenated alkanes) is 2. The van der Waals surface area contributed by atoms with Gasteiger partial charge in [0.05, 0.1) is 6.10 Å². The quantitative estimate of drug-likeness (QED) is 0.503. The van der Waals surface area contributed by atoms with Crippen LogP contribution in [0.5, 0.6) is 0 Å². The zero-order valence-electron chi connectivity index (χ0n) is 9.37. The summed E-state index contributed by atoms with van der Waals surface area (Å²) in [6.45, 7) is 3.21. The molecule has 0 N–H and O–H groups in total. The highest BCUT2D eigenvalue weighted by atomic mass is 32.1. The predicted octanol–water partition coefficient (Wildman–Crippen LogP) is 3.82. The highest BCUT2D eigenvalue weighted by molar-refractivity contribution is 7.80. The molecule has 0 radical (unpaired) electrons. The first-order chi connectivity index (χ1) is 6.83. The van der Waals surface area contributed by atoms with Crippen LogP contribution in [-0.4, -0.2) is 18.0 Å². The minimum absolute atomic E-state index is 0.591. The monoisotopic (exact) mass is 216 g/mol. The molecule has 14 heavy (non-hydrogen) atoms. The van der Waals surface area contributed by atoms with Crippen molar-refractivity contribution in [2.24, 2.45) is 0 Å². The molecule has 1 saturated heterocycles. The second-order valence-corrected chi connectivity index (χ2v) is 5.07. The smallest absolute Gasteiger partial charge is 0.0576 e. The molecule has 0 spiro atoms. The highest BCUT2D eigenvalue weighted by Crippen LogP contribution is 2.19. The molecule has 0 saturated carbocycles. The molecule has 0 aromatic carbocycles. The molecule has 0 aromatic heterocycles. The van der Waals surface area contributed by atoms with Crippen LogP contribution in [0, 0.1) is 0 Å². The summed E-state index contributed by atoms with van der Waals surface area (Å²) >= 11 is 4.49. The third kappa shape index (κ3) is 5.26. The molecule has 2 atom stereocenters. The van der Waals surface area contributed by atoms with Crippen molar-refractivity contribution in [2.75, 3.05) is 6.61 Å². The third-order valence-electron chi connectivity index (χ3n) is 3.06. The van der Waals surface area contributed by atoms with Crippen molar-refractivity contribution in [1.29, 1.82) is 0 Å². The van der Waals surface area contributed by atoms with E-state index in [1.165, 1.54) is 51.4 Å². The van der Waals surface area contributed by atoms with Gasteiger partial charge >= 0.3 is 0 Å². The minimum atomic E-state index is 0.591. The Hall–Kier alpha value is 0.310. The van der Waals surface area contributed by atoms with Gasteiger partial charge in [0.1, 0.15) is 0 Å². The fourth-order valence-corrected chi connectivity index (χ4v) is 2.19. The predicted molar refractivity (Wildman–Crippen MR) is 65.1 cm³/mol. The van der Waals surface area contributed by atoms with Crippen LogP contribution in [0.3, 0.4) is 0 Å². The molecule has 2 unspecified atom stereocenters. The molecule has 1 fully saturated rings. The van der Waals surface area contributed by atoms with E-state index in [1.807, 2.05) is 0 Å². The zero-order valence-corrected chi connectivity index (χ0v) is 10.3. The topological polar surface area (TPSA) is 9.23 Å². The minimum Gasteiger partial charge on any atom is -0.378 e. The molecule has 1 aliphatic rings. The van der Waals surface area contributed by atoms with E-state index in [4.69, 9.17) is 4.74 Å². The van der Waals surface area contributed by atoms with Crippen molar-refractivity contribution in [1.82, 2.24) is 0 Å². The van der Waals surface area contributed by atoms with Crippen molar-refractivity contribution < 1.29 is 4.74 Å². The van der Waals surface area contributed by atoms with Crippen LogP contribution < -0.4 is 0 Å². The van der Waals surface area contributed by atoms with E-state index >= 15 is 0 Å². The van der Waals surface area contributed by atoms with E-state index in [2.05, 4.69) is 19.6 Å². The first kappa shape index (κ1) is 12.4. The van der Waals surface area contributed by atoms with E-state index in [9.17, 15) is 0 Å². The fraction of sp³-hybridized carbons (Fsp3) is 1.00. The first-order valence-electron chi connectivity index (χ1n) is 6.12. The summed E-state index contributed by atoms with van der Waals surface area (Å²) in [6.07, 6.45) is 11.0. The summed E-state index contributed by atoms with van der Waals surface area (Å²) in [4.78, 5) is 0. The summed E-state index contributed by atoms with van der Waals surface area (Å²) < 4.78 is 5.59. The van der Waals surface area contributed by atoms with Gasteiger partial charge in [-0.05, 0) is 32.1 Å². The van der Waals surface area contributed by atoms with Crippen LogP contribution in [0.1, 0.15) is 58.3 Å². The van der Waals surface area contributed by atoms with Gasteiger partial charge in [-0.15, -0.1) is 0 Å². The molecule has 1 rings (SSSR count). The Kier molecular flexibility index (Phi) is 6.70. The van der Waals surface area contributed by atoms with Gasteiger partial charge in [0.2, 0.25) is 0 Å². The average Bonchev–Trinajstić information content (AvgIpc) is 2.69. The largest absolute Gasteiger partial charge is 0.378 e. The van der Waals surface area contributed by atoms with Crippen molar-refractivity contribution >= 4 is 12.6 Å². The normalized spacial score (nSPS) is 24.0. The Bertz CT molecular complexity index is 132. The number of hydrogen-bond acceptors (Lipinski definition) is 2. The summed E-state index contributed by atoms with van der Waals surface area (Å²) in [5, 5.41) is 0.623. The second kappa shape index (κ2) is 7.58. The lowest BCUT2D eigenvalue weighted by Gasteiger charge is -2.09.